The molecule has 0 aliphatic carbocycles. The molecule has 7 heteroatoms. The summed E-state index contributed by atoms with van der Waals surface area (Å²) in [4.78, 5) is 4.70. The third-order valence-corrected chi connectivity index (χ3v) is 6.61. The molecule has 0 aliphatic rings. The van der Waals surface area contributed by atoms with Crippen molar-refractivity contribution in [1.82, 2.24) is 19.3 Å². The highest BCUT2D eigenvalue weighted by atomic mass is 28.3. The first-order valence-electron chi connectivity index (χ1n) is 10.2. The SMILES string of the molecule is Cn1cc(-c2cn(COCC[Si](C)(C)C)c3ncc(Oc4ccccc4)cc23)cn1. The van der Waals surface area contributed by atoms with E-state index < -0.39 is 8.07 Å². The van der Waals surface area contributed by atoms with E-state index in [1.54, 1.807) is 10.9 Å². The number of rotatable bonds is 8. The highest BCUT2D eigenvalue weighted by molar-refractivity contribution is 6.76. The number of benzene rings is 1. The summed E-state index contributed by atoms with van der Waals surface area (Å²) in [5.74, 6) is 1.49. The van der Waals surface area contributed by atoms with Crippen molar-refractivity contribution in [1.29, 1.82) is 0 Å². The van der Waals surface area contributed by atoms with Crippen LogP contribution in [0.5, 0.6) is 11.5 Å². The summed E-state index contributed by atoms with van der Waals surface area (Å²) >= 11 is 0. The Morgan fingerprint density at radius 2 is 1.80 bits per heavy atom. The third-order valence-electron chi connectivity index (χ3n) is 4.91. The van der Waals surface area contributed by atoms with Gasteiger partial charge >= 0.3 is 0 Å². The van der Waals surface area contributed by atoms with E-state index in [-0.39, 0.29) is 0 Å². The van der Waals surface area contributed by atoms with Crippen molar-refractivity contribution in [3.05, 3.63) is 61.2 Å². The van der Waals surface area contributed by atoms with Crippen LogP contribution in [0.3, 0.4) is 0 Å². The van der Waals surface area contributed by atoms with Crippen LogP contribution in [0.1, 0.15) is 0 Å². The van der Waals surface area contributed by atoms with Crippen molar-refractivity contribution in [3.8, 4) is 22.6 Å². The van der Waals surface area contributed by atoms with Crippen molar-refractivity contribution in [2.75, 3.05) is 6.61 Å². The second-order valence-electron chi connectivity index (χ2n) is 8.72. The summed E-state index contributed by atoms with van der Waals surface area (Å²) in [5.41, 5.74) is 2.99. The van der Waals surface area contributed by atoms with Gasteiger partial charge in [-0.3, -0.25) is 4.68 Å². The van der Waals surface area contributed by atoms with E-state index in [0.717, 1.165) is 40.6 Å². The van der Waals surface area contributed by atoms with E-state index in [2.05, 4.69) is 35.5 Å². The average molecular weight is 421 g/mol. The molecule has 3 heterocycles. The zero-order valence-electron chi connectivity index (χ0n) is 18.0. The molecule has 0 spiro atoms. The molecular weight excluding hydrogens is 392 g/mol. The number of aromatic nitrogens is 4. The lowest BCUT2D eigenvalue weighted by molar-refractivity contribution is 0.0899. The van der Waals surface area contributed by atoms with Crippen molar-refractivity contribution >= 4 is 19.1 Å². The first-order valence-corrected chi connectivity index (χ1v) is 13.9. The summed E-state index contributed by atoms with van der Waals surface area (Å²) in [6.45, 7) is 8.33. The molecule has 4 rings (SSSR count). The van der Waals surface area contributed by atoms with Gasteiger partial charge in [-0.15, -0.1) is 0 Å². The number of aryl methyl sites for hydroxylation is 1. The predicted molar refractivity (Wildman–Crippen MR) is 123 cm³/mol. The zero-order chi connectivity index (χ0) is 21.1. The van der Waals surface area contributed by atoms with Gasteiger partial charge in [0, 0.05) is 50.6 Å². The fourth-order valence-electron chi connectivity index (χ4n) is 3.26. The molecule has 0 radical (unpaired) electrons. The van der Waals surface area contributed by atoms with Gasteiger partial charge in [0.15, 0.2) is 0 Å². The van der Waals surface area contributed by atoms with Crippen LogP contribution >= 0.6 is 0 Å². The Kier molecular flexibility index (Phi) is 5.74. The van der Waals surface area contributed by atoms with Gasteiger partial charge in [0.25, 0.3) is 0 Å². The number of fused-ring (bicyclic) bond motifs is 1. The van der Waals surface area contributed by atoms with Crippen LogP contribution in [0, 0.1) is 0 Å². The van der Waals surface area contributed by atoms with Gasteiger partial charge in [0.2, 0.25) is 0 Å². The van der Waals surface area contributed by atoms with E-state index in [1.165, 1.54) is 0 Å². The molecule has 0 unspecified atom stereocenters. The Morgan fingerprint density at radius 1 is 1.00 bits per heavy atom. The minimum Gasteiger partial charge on any atom is -0.456 e. The summed E-state index contributed by atoms with van der Waals surface area (Å²) in [6, 6.07) is 12.9. The maximum atomic E-state index is 6.01. The lowest BCUT2D eigenvalue weighted by atomic mass is 10.1. The number of para-hydroxylation sites is 1. The lowest BCUT2D eigenvalue weighted by Gasteiger charge is -2.15. The van der Waals surface area contributed by atoms with Gasteiger partial charge in [-0.05, 0) is 24.2 Å². The molecule has 0 bridgehead atoms. The monoisotopic (exact) mass is 420 g/mol. The minimum absolute atomic E-state index is 0.479. The molecule has 0 N–H and O–H groups in total. The van der Waals surface area contributed by atoms with Crippen LogP contribution in [0.15, 0.2) is 61.2 Å². The average Bonchev–Trinajstić information content (AvgIpc) is 3.29. The Labute approximate surface area is 178 Å². The molecule has 0 saturated carbocycles. The molecule has 6 nitrogen and oxygen atoms in total. The van der Waals surface area contributed by atoms with Gasteiger partial charge < -0.3 is 14.0 Å². The topological polar surface area (TPSA) is 54.1 Å². The number of hydrogen-bond donors (Lipinski definition) is 0. The van der Waals surface area contributed by atoms with E-state index in [9.17, 15) is 0 Å². The van der Waals surface area contributed by atoms with Crippen LogP contribution in [-0.2, 0) is 18.5 Å². The minimum atomic E-state index is -1.12. The van der Waals surface area contributed by atoms with Gasteiger partial charge in [-0.1, -0.05) is 37.8 Å². The van der Waals surface area contributed by atoms with Crippen LogP contribution < -0.4 is 4.74 Å². The highest BCUT2D eigenvalue weighted by Crippen LogP contribution is 2.33. The van der Waals surface area contributed by atoms with Crippen LogP contribution in [0.25, 0.3) is 22.2 Å². The Bertz CT molecular complexity index is 1130. The van der Waals surface area contributed by atoms with Crippen LogP contribution in [0.2, 0.25) is 25.7 Å². The fraction of sp³-hybridized carbons (Fsp3) is 0.304. The number of pyridine rings is 1. The predicted octanol–water partition coefficient (Wildman–Crippen LogP) is 5.54. The largest absolute Gasteiger partial charge is 0.456 e. The van der Waals surface area contributed by atoms with E-state index in [0.29, 0.717) is 12.5 Å². The van der Waals surface area contributed by atoms with Gasteiger partial charge in [-0.2, -0.15) is 5.10 Å². The normalized spacial score (nSPS) is 11.9. The van der Waals surface area contributed by atoms with Crippen molar-refractivity contribution in [2.24, 2.45) is 7.05 Å². The Hall–Kier alpha value is -2.90. The molecule has 156 valence electrons. The lowest BCUT2D eigenvalue weighted by Crippen LogP contribution is -2.22. The van der Waals surface area contributed by atoms with Gasteiger partial charge in [0.05, 0.1) is 12.4 Å². The first kappa shape index (κ1) is 20.4. The Balaban J connectivity index is 1.65. The summed E-state index contributed by atoms with van der Waals surface area (Å²) in [6.07, 6.45) is 7.74. The molecule has 30 heavy (non-hydrogen) atoms. The highest BCUT2D eigenvalue weighted by Gasteiger charge is 2.16. The number of hydrogen-bond acceptors (Lipinski definition) is 4. The first-order chi connectivity index (χ1) is 14.4. The maximum absolute atomic E-state index is 6.01. The second kappa shape index (κ2) is 8.45. The molecule has 0 saturated heterocycles. The quantitative estimate of drug-likeness (QED) is 0.277. The molecule has 1 aromatic carbocycles. The van der Waals surface area contributed by atoms with E-state index in [4.69, 9.17) is 14.5 Å². The second-order valence-corrected chi connectivity index (χ2v) is 14.3. The summed E-state index contributed by atoms with van der Waals surface area (Å²) < 4.78 is 15.9. The molecule has 0 atom stereocenters. The summed E-state index contributed by atoms with van der Waals surface area (Å²) in [7, 11) is 0.805. The van der Waals surface area contributed by atoms with Crippen molar-refractivity contribution in [3.63, 3.8) is 0 Å². The molecule has 0 aliphatic heterocycles. The van der Waals surface area contributed by atoms with Crippen LogP contribution in [0.4, 0.5) is 0 Å². The standard InChI is InChI=1S/C23H28N4O2Si/c1-26-15-18(13-25-26)22-16-27(17-28-10-11-30(2,3)4)23-21(22)12-20(14-24-23)29-19-8-6-5-7-9-19/h5-9,12-16H,10-11,17H2,1-4H3. The molecular formula is C23H28N4O2Si. The molecule has 4 aromatic rings. The van der Waals surface area contributed by atoms with Crippen LogP contribution in [-0.4, -0.2) is 34.0 Å². The smallest absolute Gasteiger partial charge is 0.146 e. The van der Waals surface area contributed by atoms with E-state index in [1.807, 2.05) is 55.8 Å². The number of nitrogens with zero attached hydrogens (tertiary/aromatic N) is 4. The number of ether oxygens (including phenoxy) is 2. The molecule has 0 fully saturated rings. The molecule has 3 aromatic heterocycles. The van der Waals surface area contributed by atoms with E-state index >= 15 is 0 Å². The maximum Gasteiger partial charge on any atom is 0.146 e. The van der Waals surface area contributed by atoms with Gasteiger partial charge in [0.1, 0.15) is 23.9 Å². The molecule has 0 amide bonds. The van der Waals surface area contributed by atoms with Crippen molar-refractivity contribution < 1.29 is 9.47 Å². The van der Waals surface area contributed by atoms with Crippen molar-refractivity contribution in [2.45, 2.75) is 32.4 Å². The fourth-order valence-corrected chi connectivity index (χ4v) is 4.02. The zero-order valence-corrected chi connectivity index (χ0v) is 19.0. The van der Waals surface area contributed by atoms with Gasteiger partial charge in [-0.25, -0.2) is 4.98 Å². The Morgan fingerprint density at radius 3 is 2.50 bits per heavy atom. The summed E-state index contributed by atoms with van der Waals surface area (Å²) in [5, 5.41) is 5.35. The third kappa shape index (κ3) is 4.80.